The van der Waals surface area contributed by atoms with Crippen molar-refractivity contribution in [3.63, 3.8) is 0 Å². The Hall–Kier alpha value is -0.260. The van der Waals surface area contributed by atoms with Crippen LogP contribution in [0.3, 0.4) is 0 Å². The lowest BCUT2D eigenvalue weighted by Gasteiger charge is -2.35. The van der Waals surface area contributed by atoms with E-state index in [9.17, 15) is 0 Å². The maximum atomic E-state index is 3.95. The standard InChI is InChI=1S/C12H22.CH4/c1-4-10-8-7-9-11(5-2)12(10)6-3;/h4,10-12H,1,5-9H2,2-3H3;1H4. The van der Waals surface area contributed by atoms with Crippen LogP contribution < -0.4 is 0 Å². The Kier molecular flexibility index (Phi) is 6.11. The van der Waals surface area contributed by atoms with Gasteiger partial charge in [0.25, 0.3) is 0 Å². The van der Waals surface area contributed by atoms with Gasteiger partial charge in [-0.15, -0.1) is 6.58 Å². The molecule has 0 radical (unpaired) electrons. The zero-order chi connectivity index (χ0) is 8.97. The second-order valence-corrected chi connectivity index (χ2v) is 4.07. The molecular weight excluding hydrogens is 156 g/mol. The number of rotatable bonds is 3. The smallest absolute Gasteiger partial charge is 0.0205 e. The van der Waals surface area contributed by atoms with Crippen LogP contribution in [0.4, 0.5) is 0 Å². The van der Waals surface area contributed by atoms with E-state index in [-0.39, 0.29) is 7.43 Å². The van der Waals surface area contributed by atoms with Gasteiger partial charge in [-0.1, -0.05) is 53.0 Å². The fourth-order valence-electron chi connectivity index (χ4n) is 2.83. The fraction of sp³-hybridized carbons (Fsp3) is 0.846. The summed E-state index contributed by atoms with van der Waals surface area (Å²) < 4.78 is 0. The SMILES string of the molecule is C.C=CC1CCCC(CC)C1CC. The first-order valence-corrected chi connectivity index (χ1v) is 5.46. The molecule has 1 rings (SSSR count). The maximum absolute atomic E-state index is 3.95. The monoisotopic (exact) mass is 182 g/mol. The van der Waals surface area contributed by atoms with Gasteiger partial charge in [0, 0.05) is 0 Å². The molecule has 0 heterocycles. The summed E-state index contributed by atoms with van der Waals surface area (Å²) in [5.74, 6) is 2.72. The first-order chi connectivity index (χ1) is 5.83. The highest BCUT2D eigenvalue weighted by Crippen LogP contribution is 2.38. The molecule has 0 aliphatic heterocycles. The first kappa shape index (κ1) is 12.7. The van der Waals surface area contributed by atoms with E-state index in [0.717, 1.165) is 17.8 Å². The molecular formula is C13H26. The lowest BCUT2D eigenvalue weighted by Crippen LogP contribution is -2.26. The van der Waals surface area contributed by atoms with Crippen molar-refractivity contribution in [3.8, 4) is 0 Å². The predicted molar refractivity (Wildman–Crippen MR) is 61.8 cm³/mol. The van der Waals surface area contributed by atoms with E-state index in [1.165, 1.54) is 32.1 Å². The van der Waals surface area contributed by atoms with Crippen LogP contribution in [0.25, 0.3) is 0 Å². The zero-order valence-electron chi connectivity index (χ0n) is 8.55. The summed E-state index contributed by atoms with van der Waals surface area (Å²) in [6, 6.07) is 0. The summed E-state index contributed by atoms with van der Waals surface area (Å²) in [6.07, 6.45) is 9.16. The molecule has 0 heteroatoms. The van der Waals surface area contributed by atoms with E-state index in [2.05, 4.69) is 26.5 Å². The minimum Gasteiger partial charge on any atom is -0.103 e. The average molecular weight is 182 g/mol. The van der Waals surface area contributed by atoms with Crippen LogP contribution in [0.5, 0.6) is 0 Å². The Morgan fingerprint density at radius 2 is 1.92 bits per heavy atom. The molecule has 3 unspecified atom stereocenters. The van der Waals surface area contributed by atoms with Crippen molar-refractivity contribution in [1.29, 1.82) is 0 Å². The van der Waals surface area contributed by atoms with Crippen molar-refractivity contribution in [2.75, 3.05) is 0 Å². The fourth-order valence-corrected chi connectivity index (χ4v) is 2.83. The molecule has 0 spiro atoms. The Morgan fingerprint density at radius 1 is 1.23 bits per heavy atom. The van der Waals surface area contributed by atoms with Crippen LogP contribution in [0, 0.1) is 17.8 Å². The van der Waals surface area contributed by atoms with E-state index >= 15 is 0 Å². The van der Waals surface area contributed by atoms with Crippen molar-refractivity contribution < 1.29 is 0 Å². The molecule has 13 heavy (non-hydrogen) atoms. The number of hydrogen-bond donors (Lipinski definition) is 0. The second kappa shape index (κ2) is 6.23. The Labute approximate surface area is 84.4 Å². The van der Waals surface area contributed by atoms with Gasteiger partial charge < -0.3 is 0 Å². The normalized spacial score (nSPS) is 33.5. The van der Waals surface area contributed by atoms with Gasteiger partial charge in [0.15, 0.2) is 0 Å². The van der Waals surface area contributed by atoms with E-state index < -0.39 is 0 Å². The molecule has 0 aromatic carbocycles. The van der Waals surface area contributed by atoms with E-state index in [1.807, 2.05) is 0 Å². The van der Waals surface area contributed by atoms with Crippen LogP contribution in [0.2, 0.25) is 0 Å². The predicted octanol–water partition coefficient (Wildman–Crippen LogP) is 4.66. The highest BCUT2D eigenvalue weighted by molar-refractivity contribution is 4.90. The third kappa shape index (κ3) is 2.86. The molecule has 0 nitrogen and oxygen atoms in total. The lowest BCUT2D eigenvalue weighted by atomic mass is 9.70. The van der Waals surface area contributed by atoms with E-state index in [0.29, 0.717) is 0 Å². The summed E-state index contributed by atoms with van der Waals surface area (Å²) in [6.45, 7) is 8.61. The van der Waals surface area contributed by atoms with Crippen LogP contribution in [-0.4, -0.2) is 0 Å². The Bertz CT molecular complexity index is 137. The van der Waals surface area contributed by atoms with Gasteiger partial charge in [-0.25, -0.2) is 0 Å². The van der Waals surface area contributed by atoms with Crippen molar-refractivity contribution in [2.24, 2.45) is 17.8 Å². The van der Waals surface area contributed by atoms with Gasteiger partial charge in [-0.3, -0.25) is 0 Å². The highest BCUT2D eigenvalue weighted by atomic mass is 14.3. The number of hydrogen-bond acceptors (Lipinski definition) is 0. The third-order valence-electron chi connectivity index (χ3n) is 3.57. The van der Waals surface area contributed by atoms with Crippen LogP contribution >= 0.6 is 0 Å². The minimum absolute atomic E-state index is 0. The minimum atomic E-state index is 0. The van der Waals surface area contributed by atoms with Crippen molar-refractivity contribution >= 4 is 0 Å². The average Bonchev–Trinajstić information content (AvgIpc) is 2.16. The molecule has 0 saturated heterocycles. The zero-order valence-corrected chi connectivity index (χ0v) is 8.55. The molecule has 0 aromatic rings. The summed E-state index contributed by atoms with van der Waals surface area (Å²) in [4.78, 5) is 0. The van der Waals surface area contributed by atoms with Crippen LogP contribution in [0.15, 0.2) is 12.7 Å². The Morgan fingerprint density at radius 3 is 2.38 bits per heavy atom. The van der Waals surface area contributed by atoms with Crippen LogP contribution in [-0.2, 0) is 0 Å². The molecule has 1 aliphatic carbocycles. The van der Waals surface area contributed by atoms with Crippen LogP contribution in [0.1, 0.15) is 53.4 Å². The molecule has 78 valence electrons. The summed E-state index contributed by atoms with van der Waals surface area (Å²) in [5.41, 5.74) is 0. The summed E-state index contributed by atoms with van der Waals surface area (Å²) in [5, 5.41) is 0. The quantitative estimate of drug-likeness (QED) is 0.557. The summed E-state index contributed by atoms with van der Waals surface area (Å²) >= 11 is 0. The molecule has 0 N–H and O–H groups in total. The van der Waals surface area contributed by atoms with Crippen molar-refractivity contribution in [3.05, 3.63) is 12.7 Å². The van der Waals surface area contributed by atoms with Crippen molar-refractivity contribution in [1.82, 2.24) is 0 Å². The first-order valence-electron chi connectivity index (χ1n) is 5.46. The molecule has 3 atom stereocenters. The largest absolute Gasteiger partial charge is 0.103 e. The summed E-state index contributed by atoms with van der Waals surface area (Å²) in [7, 11) is 0. The highest BCUT2D eigenvalue weighted by Gasteiger charge is 2.28. The third-order valence-corrected chi connectivity index (χ3v) is 3.57. The second-order valence-electron chi connectivity index (χ2n) is 4.07. The van der Waals surface area contributed by atoms with Gasteiger partial charge in [-0.2, -0.15) is 0 Å². The van der Waals surface area contributed by atoms with E-state index in [1.54, 1.807) is 0 Å². The van der Waals surface area contributed by atoms with Gasteiger partial charge in [0.2, 0.25) is 0 Å². The molecule has 0 amide bonds. The topological polar surface area (TPSA) is 0 Å². The molecule has 0 bridgehead atoms. The lowest BCUT2D eigenvalue weighted by molar-refractivity contribution is 0.174. The van der Waals surface area contributed by atoms with Gasteiger partial charge >= 0.3 is 0 Å². The number of allylic oxidation sites excluding steroid dienone is 1. The Balaban J connectivity index is 0.00000144. The molecule has 1 fully saturated rings. The van der Waals surface area contributed by atoms with Crippen molar-refractivity contribution in [2.45, 2.75) is 53.4 Å². The van der Waals surface area contributed by atoms with E-state index in [4.69, 9.17) is 0 Å². The maximum Gasteiger partial charge on any atom is -0.0205 e. The van der Waals surface area contributed by atoms with Gasteiger partial charge in [-0.05, 0) is 24.2 Å². The van der Waals surface area contributed by atoms with Gasteiger partial charge in [0.05, 0.1) is 0 Å². The molecule has 1 aliphatic rings. The van der Waals surface area contributed by atoms with Gasteiger partial charge in [0.1, 0.15) is 0 Å². The molecule has 1 saturated carbocycles. The molecule has 0 aromatic heterocycles.